The minimum atomic E-state index is 0. The van der Waals surface area contributed by atoms with Crippen molar-refractivity contribution in [2.24, 2.45) is 0 Å². The molecule has 2 aliphatic rings. The van der Waals surface area contributed by atoms with E-state index in [9.17, 15) is 9.81 Å². The standard InChI is InChI=1S/2C7H10NO.2CNS.Co/c2*1-6-4-3-5-7(2)8(6)9;2*2-1-3;/h2*3-6H,1-2H3;;;/q2*+1;2*-1;+2. The summed E-state index contributed by atoms with van der Waals surface area (Å²) in [6.45, 7) is 7.38. The first-order valence-corrected chi connectivity index (χ1v) is 7.73. The van der Waals surface area contributed by atoms with Gasteiger partial charge in [0, 0.05) is 59.2 Å². The van der Waals surface area contributed by atoms with Crippen molar-refractivity contribution in [3.63, 3.8) is 0 Å². The number of hydrogen-bond acceptors (Lipinski definition) is 4. The maximum Gasteiger partial charge on any atom is 2.00 e. The summed E-state index contributed by atoms with van der Waals surface area (Å²) >= 11 is 7.40. The second-order valence-corrected chi connectivity index (χ2v) is 5.07. The molecule has 0 saturated heterocycles. The summed E-state index contributed by atoms with van der Waals surface area (Å²) in [4.78, 5) is 21.8. The van der Waals surface area contributed by atoms with Crippen LogP contribution in [-0.2, 0) is 16.8 Å². The fourth-order valence-electron chi connectivity index (χ4n) is 1.66. The van der Waals surface area contributed by atoms with E-state index in [-0.39, 0.29) is 28.9 Å². The Kier molecular flexibility index (Phi) is 19.2. The van der Waals surface area contributed by atoms with Crippen molar-refractivity contribution in [3.8, 4) is 0 Å². The molecule has 2 unspecified atom stereocenters. The molecule has 0 aliphatic carbocycles. The monoisotopic (exact) mass is 423 g/mol. The predicted molar refractivity (Wildman–Crippen MR) is 104 cm³/mol. The molecule has 0 fully saturated rings. The van der Waals surface area contributed by atoms with Gasteiger partial charge in [-0.1, -0.05) is 36.6 Å². The largest absolute Gasteiger partial charge is 2.00 e. The molecule has 0 aromatic rings. The van der Waals surface area contributed by atoms with E-state index in [0.29, 0.717) is 0 Å². The molecule has 2 heterocycles. The number of allylic oxidation sites excluding steroid dienone is 6. The molecule has 0 bridgehead atoms. The van der Waals surface area contributed by atoms with Gasteiger partial charge in [-0.15, -0.1) is 0 Å². The summed E-state index contributed by atoms with van der Waals surface area (Å²) in [7, 11) is 0. The number of rotatable bonds is 0. The van der Waals surface area contributed by atoms with Gasteiger partial charge in [0.2, 0.25) is 23.5 Å². The van der Waals surface area contributed by atoms with Crippen molar-refractivity contribution in [2.75, 3.05) is 0 Å². The van der Waals surface area contributed by atoms with Crippen molar-refractivity contribution < 1.29 is 26.3 Å². The van der Waals surface area contributed by atoms with Crippen molar-refractivity contribution in [3.05, 3.63) is 68.5 Å². The summed E-state index contributed by atoms with van der Waals surface area (Å²) in [6.07, 6.45) is 11.2. The van der Waals surface area contributed by atoms with Crippen molar-refractivity contribution in [1.82, 2.24) is 0 Å². The fourth-order valence-corrected chi connectivity index (χ4v) is 1.66. The van der Waals surface area contributed by atoms with Gasteiger partial charge >= 0.3 is 16.8 Å². The molecular formula is C16H20CoN4O2S2+2. The predicted octanol–water partition coefficient (Wildman–Crippen LogP) is 4.57. The molecule has 0 spiro atoms. The second-order valence-electron chi connectivity index (χ2n) is 4.70. The summed E-state index contributed by atoms with van der Waals surface area (Å²) in [6, 6.07) is 0.0185. The van der Waals surface area contributed by atoms with E-state index in [2.05, 4.69) is 24.4 Å². The summed E-state index contributed by atoms with van der Waals surface area (Å²) in [5.74, 6) is 0. The Hall–Kier alpha value is -1.73. The van der Waals surface area contributed by atoms with Crippen molar-refractivity contribution >= 4 is 34.8 Å². The Morgan fingerprint density at radius 1 is 0.880 bits per heavy atom. The average Bonchev–Trinajstić information content (AvgIpc) is 2.52. The van der Waals surface area contributed by atoms with Crippen LogP contribution in [-0.4, -0.2) is 31.9 Å². The third-order valence-corrected chi connectivity index (χ3v) is 2.89. The number of isothiocyanates is 2. The second kappa shape index (κ2) is 17.1. The van der Waals surface area contributed by atoms with Crippen LogP contribution in [0.4, 0.5) is 0 Å². The smallest absolute Gasteiger partial charge is 0.753 e. The summed E-state index contributed by atoms with van der Waals surface area (Å²) in [5.41, 5.74) is 1.56. The maximum atomic E-state index is 10.9. The van der Waals surface area contributed by atoms with Crippen LogP contribution in [0, 0.1) is 9.81 Å². The third-order valence-electron chi connectivity index (χ3n) is 2.89. The van der Waals surface area contributed by atoms with Gasteiger partial charge in [-0.2, -0.15) is 10.3 Å². The minimum Gasteiger partial charge on any atom is -0.753 e. The van der Waals surface area contributed by atoms with Gasteiger partial charge < -0.3 is 10.8 Å². The van der Waals surface area contributed by atoms with Gasteiger partial charge in [0.15, 0.2) is 0 Å². The first kappa shape index (κ1) is 28.1. The van der Waals surface area contributed by atoms with Crippen LogP contribution in [0.15, 0.2) is 47.9 Å². The van der Waals surface area contributed by atoms with Crippen molar-refractivity contribution in [1.29, 1.82) is 0 Å². The topological polar surface area (TPSA) is 84.8 Å². The Bertz CT molecular complexity index is 587. The Morgan fingerprint density at radius 2 is 1.12 bits per heavy atom. The Labute approximate surface area is 169 Å². The number of nitroso groups, excluding NO2 is 2. The van der Waals surface area contributed by atoms with Crippen LogP contribution in [0.25, 0.3) is 10.8 Å². The molecule has 9 heteroatoms. The minimum absolute atomic E-state index is 0. The maximum absolute atomic E-state index is 10.9. The van der Waals surface area contributed by atoms with Crippen LogP contribution < -0.4 is 0 Å². The molecule has 0 amide bonds. The van der Waals surface area contributed by atoms with Crippen LogP contribution in [0.2, 0.25) is 0 Å². The van der Waals surface area contributed by atoms with Crippen molar-refractivity contribution in [2.45, 2.75) is 39.8 Å². The first-order chi connectivity index (χ1) is 11.3. The van der Waals surface area contributed by atoms with E-state index >= 15 is 0 Å². The zero-order valence-corrected chi connectivity index (χ0v) is 17.0. The summed E-state index contributed by atoms with van der Waals surface area (Å²) < 4.78 is 2.00. The molecule has 0 aromatic heterocycles. The number of hydrogen-bond donors (Lipinski definition) is 0. The molecule has 2 aliphatic heterocycles. The van der Waals surface area contributed by atoms with E-state index in [4.69, 9.17) is 10.8 Å². The average molecular weight is 423 g/mol. The molecule has 2 rings (SSSR count). The molecule has 1 radical (unpaired) electrons. The van der Waals surface area contributed by atoms with Crippen LogP contribution in [0.5, 0.6) is 0 Å². The van der Waals surface area contributed by atoms with Crippen LogP contribution in [0.1, 0.15) is 27.7 Å². The van der Waals surface area contributed by atoms with Gasteiger partial charge in [0.05, 0.1) is 0 Å². The molecule has 0 N–H and O–H groups in total. The van der Waals surface area contributed by atoms with E-state index in [1.807, 2.05) is 64.2 Å². The molecule has 25 heavy (non-hydrogen) atoms. The molecule has 0 saturated carbocycles. The van der Waals surface area contributed by atoms with Gasteiger partial charge in [-0.05, 0) is 12.2 Å². The van der Waals surface area contributed by atoms with Gasteiger partial charge in [0.25, 0.3) is 0 Å². The summed E-state index contributed by atoms with van der Waals surface area (Å²) in [5, 5.41) is 16.9. The number of nitrogens with zero attached hydrogens (tertiary/aromatic N) is 4. The Balaban J connectivity index is -0.000000287. The fraction of sp³-hybridized carbons (Fsp3) is 0.375. The van der Waals surface area contributed by atoms with Gasteiger partial charge in [-0.25, -0.2) is 0 Å². The first-order valence-electron chi connectivity index (χ1n) is 6.92. The number of thiocarbonyl (C=S) groups is 2. The molecular weight excluding hydrogens is 403 g/mol. The zero-order chi connectivity index (χ0) is 19.1. The SMILES string of the molecule is CC1=CC=CC(C)[N+]1=O.CC1=CC=CC(C)[N+]1=O.[Co+2].[N-]=C=S.[N-]=C=S. The normalized spacial score (nSPS) is 19.5. The van der Waals surface area contributed by atoms with Gasteiger partial charge in [0.1, 0.15) is 0 Å². The van der Waals surface area contributed by atoms with Gasteiger partial charge in [-0.3, -0.25) is 0 Å². The molecule has 6 nitrogen and oxygen atoms in total. The molecule has 135 valence electrons. The van der Waals surface area contributed by atoms with E-state index < -0.39 is 0 Å². The quantitative estimate of drug-likeness (QED) is 0.325. The molecule has 2 atom stereocenters. The molecule has 0 aromatic carbocycles. The Morgan fingerprint density at radius 3 is 1.28 bits per heavy atom. The van der Waals surface area contributed by atoms with Crippen LogP contribution in [0.3, 0.4) is 0 Å². The zero-order valence-electron chi connectivity index (χ0n) is 14.4. The van der Waals surface area contributed by atoms with E-state index in [1.165, 1.54) is 10.3 Å². The van der Waals surface area contributed by atoms with Crippen LogP contribution >= 0.6 is 24.4 Å². The third kappa shape index (κ3) is 13.3. The van der Waals surface area contributed by atoms with E-state index in [0.717, 1.165) is 20.9 Å². The van der Waals surface area contributed by atoms with E-state index in [1.54, 1.807) is 0 Å².